The molecular formula is C12H26N2O2. The van der Waals surface area contributed by atoms with E-state index in [9.17, 15) is 0 Å². The summed E-state index contributed by atoms with van der Waals surface area (Å²) in [4.78, 5) is 2.41. The van der Waals surface area contributed by atoms with Crippen LogP contribution in [0.15, 0.2) is 0 Å². The van der Waals surface area contributed by atoms with Crippen molar-refractivity contribution in [1.29, 1.82) is 0 Å². The molecule has 1 saturated heterocycles. The standard InChI is InChI=1S/C12H26N2O2/c1-4-10-5-6-14(11(7-10)8-13)9-12(15-2)16-3/h10-12H,4-9,13H2,1-3H3. The molecule has 16 heavy (non-hydrogen) atoms. The van der Waals surface area contributed by atoms with Crippen LogP contribution in [0.3, 0.4) is 0 Å². The second kappa shape index (κ2) is 7.22. The summed E-state index contributed by atoms with van der Waals surface area (Å²) in [6.07, 6.45) is 3.62. The second-order valence-electron chi connectivity index (χ2n) is 4.58. The molecular weight excluding hydrogens is 204 g/mol. The van der Waals surface area contributed by atoms with Crippen molar-refractivity contribution in [2.75, 3.05) is 33.9 Å². The van der Waals surface area contributed by atoms with Crippen LogP contribution in [0.25, 0.3) is 0 Å². The van der Waals surface area contributed by atoms with Gasteiger partial charge in [0, 0.05) is 33.4 Å². The summed E-state index contributed by atoms with van der Waals surface area (Å²) < 4.78 is 10.5. The molecule has 0 saturated carbocycles. The van der Waals surface area contributed by atoms with Gasteiger partial charge in [-0.3, -0.25) is 4.90 Å². The van der Waals surface area contributed by atoms with Gasteiger partial charge < -0.3 is 15.2 Å². The molecule has 1 fully saturated rings. The Bertz CT molecular complexity index is 186. The summed E-state index contributed by atoms with van der Waals surface area (Å²) >= 11 is 0. The van der Waals surface area contributed by atoms with Crippen molar-refractivity contribution in [3.8, 4) is 0 Å². The number of piperidine rings is 1. The van der Waals surface area contributed by atoms with E-state index < -0.39 is 0 Å². The molecule has 2 unspecified atom stereocenters. The molecule has 1 rings (SSSR count). The largest absolute Gasteiger partial charge is 0.355 e. The summed E-state index contributed by atoms with van der Waals surface area (Å²) in [6.45, 7) is 4.94. The molecule has 0 amide bonds. The lowest BCUT2D eigenvalue weighted by molar-refractivity contribution is -0.124. The first-order chi connectivity index (χ1) is 7.74. The molecule has 96 valence electrons. The third kappa shape index (κ3) is 3.70. The quantitative estimate of drug-likeness (QED) is 0.693. The molecule has 2 N–H and O–H groups in total. The van der Waals surface area contributed by atoms with Crippen molar-refractivity contribution in [3.63, 3.8) is 0 Å². The Labute approximate surface area is 99.1 Å². The van der Waals surface area contributed by atoms with E-state index in [0.29, 0.717) is 6.04 Å². The van der Waals surface area contributed by atoms with Crippen LogP contribution in [0.5, 0.6) is 0 Å². The summed E-state index contributed by atoms with van der Waals surface area (Å²) in [5, 5.41) is 0. The van der Waals surface area contributed by atoms with Gasteiger partial charge in [0.15, 0.2) is 6.29 Å². The number of rotatable bonds is 6. The minimum Gasteiger partial charge on any atom is -0.355 e. The van der Waals surface area contributed by atoms with Crippen LogP contribution in [-0.4, -0.2) is 51.1 Å². The van der Waals surface area contributed by atoms with E-state index in [2.05, 4.69) is 11.8 Å². The third-order valence-electron chi connectivity index (χ3n) is 3.71. The van der Waals surface area contributed by atoms with Crippen molar-refractivity contribution < 1.29 is 9.47 Å². The zero-order valence-corrected chi connectivity index (χ0v) is 10.8. The fraction of sp³-hybridized carbons (Fsp3) is 1.00. The topological polar surface area (TPSA) is 47.7 Å². The Morgan fingerprint density at radius 2 is 2.06 bits per heavy atom. The number of likely N-dealkylation sites (tertiary alicyclic amines) is 1. The van der Waals surface area contributed by atoms with E-state index >= 15 is 0 Å². The Kier molecular flexibility index (Phi) is 6.28. The van der Waals surface area contributed by atoms with E-state index in [-0.39, 0.29) is 6.29 Å². The van der Waals surface area contributed by atoms with Gasteiger partial charge >= 0.3 is 0 Å². The van der Waals surface area contributed by atoms with Crippen LogP contribution in [0, 0.1) is 5.92 Å². The first kappa shape index (κ1) is 13.9. The second-order valence-corrected chi connectivity index (χ2v) is 4.58. The molecule has 0 aliphatic carbocycles. The number of hydrogen-bond donors (Lipinski definition) is 1. The third-order valence-corrected chi connectivity index (χ3v) is 3.71. The number of nitrogens with zero attached hydrogens (tertiary/aromatic N) is 1. The van der Waals surface area contributed by atoms with Gasteiger partial charge in [0.2, 0.25) is 0 Å². The lowest BCUT2D eigenvalue weighted by Gasteiger charge is -2.39. The minimum atomic E-state index is -0.132. The molecule has 0 spiro atoms. The highest BCUT2D eigenvalue weighted by molar-refractivity contribution is 4.82. The number of hydrogen-bond acceptors (Lipinski definition) is 4. The maximum atomic E-state index is 5.85. The van der Waals surface area contributed by atoms with Crippen molar-refractivity contribution >= 4 is 0 Å². The van der Waals surface area contributed by atoms with Gasteiger partial charge in [0.05, 0.1) is 0 Å². The first-order valence-electron chi connectivity index (χ1n) is 6.24. The van der Waals surface area contributed by atoms with Crippen molar-refractivity contribution in [2.24, 2.45) is 11.7 Å². The Balaban J connectivity index is 2.46. The predicted molar refractivity (Wildman–Crippen MR) is 65.2 cm³/mol. The van der Waals surface area contributed by atoms with Gasteiger partial charge in [-0.1, -0.05) is 13.3 Å². The van der Waals surface area contributed by atoms with E-state index in [0.717, 1.165) is 25.6 Å². The molecule has 0 aromatic rings. The van der Waals surface area contributed by atoms with Crippen LogP contribution in [0.4, 0.5) is 0 Å². The normalized spacial score (nSPS) is 27.6. The van der Waals surface area contributed by atoms with Gasteiger partial charge in [0.1, 0.15) is 0 Å². The smallest absolute Gasteiger partial charge is 0.169 e. The predicted octanol–water partition coefficient (Wildman–Crippen LogP) is 1.05. The van der Waals surface area contributed by atoms with Gasteiger partial charge in [-0.05, 0) is 25.3 Å². The molecule has 0 radical (unpaired) electrons. The SMILES string of the molecule is CCC1CCN(CC(OC)OC)C(CN)C1. The maximum Gasteiger partial charge on any atom is 0.169 e. The zero-order valence-electron chi connectivity index (χ0n) is 10.8. The molecule has 4 nitrogen and oxygen atoms in total. The monoisotopic (exact) mass is 230 g/mol. The van der Waals surface area contributed by atoms with Crippen LogP contribution in [0.2, 0.25) is 0 Å². The molecule has 1 aliphatic heterocycles. The summed E-state index contributed by atoms with van der Waals surface area (Å²) in [5.41, 5.74) is 5.85. The molecule has 0 aromatic heterocycles. The van der Waals surface area contributed by atoms with E-state index in [1.54, 1.807) is 14.2 Å². The Morgan fingerprint density at radius 3 is 2.56 bits per heavy atom. The van der Waals surface area contributed by atoms with Crippen molar-refractivity contribution in [1.82, 2.24) is 4.90 Å². The van der Waals surface area contributed by atoms with Crippen LogP contribution in [-0.2, 0) is 9.47 Å². The highest BCUT2D eigenvalue weighted by Gasteiger charge is 2.28. The van der Waals surface area contributed by atoms with Gasteiger partial charge in [0.25, 0.3) is 0 Å². The van der Waals surface area contributed by atoms with Crippen LogP contribution < -0.4 is 5.73 Å². The van der Waals surface area contributed by atoms with E-state index in [1.165, 1.54) is 19.3 Å². The number of nitrogens with two attached hydrogens (primary N) is 1. The highest BCUT2D eigenvalue weighted by Crippen LogP contribution is 2.25. The van der Waals surface area contributed by atoms with Crippen molar-refractivity contribution in [2.45, 2.75) is 38.5 Å². The number of methoxy groups -OCH3 is 2. The van der Waals surface area contributed by atoms with Crippen LogP contribution in [0.1, 0.15) is 26.2 Å². The fourth-order valence-corrected chi connectivity index (χ4v) is 2.48. The van der Waals surface area contributed by atoms with E-state index in [1.807, 2.05) is 0 Å². The van der Waals surface area contributed by atoms with Crippen molar-refractivity contribution in [3.05, 3.63) is 0 Å². The lowest BCUT2D eigenvalue weighted by Crippen LogP contribution is -2.49. The average molecular weight is 230 g/mol. The molecule has 1 heterocycles. The molecule has 1 aliphatic rings. The van der Waals surface area contributed by atoms with E-state index in [4.69, 9.17) is 15.2 Å². The highest BCUT2D eigenvalue weighted by atomic mass is 16.7. The zero-order chi connectivity index (χ0) is 12.0. The Morgan fingerprint density at radius 1 is 1.38 bits per heavy atom. The van der Waals surface area contributed by atoms with Gasteiger partial charge in [-0.2, -0.15) is 0 Å². The van der Waals surface area contributed by atoms with Crippen LogP contribution >= 0.6 is 0 Å². The molecule has 2 atom stereocenters. The van der Waals surface area contributed by atoms with Gasteiger partial charge in [-0.25, -0.2) is 0 Å². The molecule has 0 bridgehead atoms. The summed E-state index contributed by atoms with van der Waals surface area (Å²) in [5.74, 6) is 0.841. The first-order valence-corrected chi connectivity index (χ1v) is 6.24. The lowest BCUT2D eigenvalue weighted by atomic mass is 9.89. The maximum absolute atomic E-state index is 5.85. The molecule has 4 heteroatoms. The van der Waals surface area contributed by atoms with Gasteiger partial charge in [-0.15, -0.1) is 0 Å². The fourth-order valence-electron chi connectivity index (χ4n) is 2.48. The summed E-state index contributed by atoms with van der Waals surface area (Å²) in [6, 6.07) is 0.492. The minimum absolute atomic E-state index is 0.132. The summed E-state index contributed by atoms with van der Waals surface area (Å²) in [7, 11) is 3.37. The number of ether oxygens (including phenoxy) is 2. The molecule has 0 aromatic carbocycles. The Hall–Kier alpha value is -0.160. The average Bonchev–Trinajstić information content (AvgIpc) is 2.35.